The van der Waals surface area contributed by atoms with Crippen LogP contribution in [0.15, 0.2) is 36.8 Å². The molecule has 196 valence electrons. The maximum absolute atomic E-state index is 11.8. The lowest BCUT2D eigenvalue weighted by molar-refractivity contribution is -0.122. The molecule has 4 heterocycles. The summed E-state index contributed by atoms with van der Waals surface area (Å²) in [5.74, 6) is 1.65. The molecule has 0 radical (unpaired) electrons. The fourth-order valence-electron chi connectivity index (χ4n) is 6.26. The van der Waals surface area contributed by atoms with Gasteiger partial charge in [-0.2, -0.15) is 0 Å². The average molecular weight is 505 g/mol. The third-order valence-corrected chi connectivity index (χ3v) is 8.28. The van der Waals surface area contributed by atoms with Gasteiger partial charge in [0.25, 0.3) is 0 Å². The minimum atomic E-state index is -0.195. The van der Waals surface area contributed by atoms with Crippen LogP contribution in [0, 0.1) is 5.92 Å². The van der Waals surface area contributed by atoms with Gasteiger partial charge in [0.2, 0.25) is 5.91 Å². The average Bonchev–Trinajstić information content (AvgIpc) is 3.51. The van der Waals surface area contributed by atoms with Gasteiger partial charge < -0.3 is 25.5 Å². The van der Waals surface area contributed by atoms with E-state index in [9.17, 15) is 4.79 Å². The predicted octanol–water partition coefficient (Wildman–Crippen LogP) is 3.53. The molecular weight excluding hydrogens is 468 g/mol. The van der Waals surface area contributed by atoms with Crippen molar-refractivity contribution in [1.82, 2.24) is 19.4 Å². The summed E-state index contributed by atoms with van der Waals surface area (Å²) in [4.78, 5) is 23.0. The summed E-state index contributed by atoms with van der Waals surface area (Å²) in [6.07, 6.45) is 11.2. The number of carbonyl (C=O) groups is 1. The second kappa shape index (κ2) is 10.3. The first-order chi connectivity index (χ1) is 18.1. The summed E-state index contributed by atoms with van der Waals surface area (Å²) in [7, 11) is 0. The van der Waals surface area contributed by atoms with Gasteiger partial charge in [-0.25, -0.2) is 9.97 Å². The Morgan fingerprint density at radius 1 is 1.16 bits per heavy atom. The normalized spacial score (nSPS) is 26.3. The number of amides is 1. The van der Waals surface area contributed by atoms with Crippen LogP contribution < -0.4 is 16.2 Å². The molecule has 9 nitrogen and oxygen atoms in total. The van der Waals surface area contributed by atoms with Crippen LogP contribution in [0.4, 0.5) is 5.82 Å². The highest BCUT2D eigenvalue weighted by Crippen LogP contribution is 2.44. The van der Waals surface area contributed by atoms with E-state index in [4.69, 9.17) is 20.9 Å². The standard InChI is InChI=1S/C28H36N6O3/c29-26-25-23(19-5-3-7-21(13-19)37-16-22-6-1-2-10-36-22)15-34(28(25)32-17-31-26)20-11-18(12-20)14-33-9-4-8-24(33)27(30)35/h3,5,7,13,15,17-18,20,22,24H,1-2,4,6,8-12,14,16H2,(H2,30,35)(H2,29,31,32)/t18-,20+,22?,24-/m1/s1. The predicted molar refractivity (Wildman–Crippen MR) is 142 cm³/mol. The first-order valence-corrected chi connectivity index (χ1v) is 13.6. The summed E-state index contributed by atoms with van der Waals surface area (Å²) < 4.78 is 14.2. The Labute approximate surface area is 217 Å². The molecule has 3 aliphatic rings. The molecule has 1 amide bonds. The Bertz CT molecular complexity index is 1260. The van der Waals surface area contributed by atoms with Gasteiger partial charge in [-0.15, -0.1) is 0 Å². The van der Waals surface area contributed by atoms with E-state index in [0.717, 1.165) is 86.1 Å². The Hall–Kier alpha value is -3.17. The fourth-order valence-corrected chi connectivity index (χ4v) is 6.26. The van der Waals surface area contributed by atoms with Gasteiger partial charge in [-0.05, 0) is 75.1 Å². The Balaban J connectivity index is 1.20. The van der Waals surface area contributed by atoms with Crippen molar-refractivity contribution in [3.63, 3.8) is 0 Å². The number of aromatic nitrogens is 3. The molecule has 2 aromatic heterocycles. The highest BCUT2D eigenvalue weighted by Gasteiger charge is 2.37. The number of benzene rings is 1. The monoisotopic (exact) mass is 504 g/mol. The Morgan fingerprint density at radius 2 is 2.05 bits per heavy atom. The van der Waals surface area contributed by atoms with Crippen LogP contribution in [0.2, 0.25) is 0 Å². The minimum Gasteiger partial charge on any atom is -0.491 e. The fraction of sp³-hybridized carbons (Fsp3) is 0.536. The van der Waals surface area contributed by atoms with Crippen molar-refractivity contribution in [3.8, 4) is 16.9 Å². The Kier molecular flexibility index (Phi) is 6.73. The van der Waals surface area contributed by atoms with E-state index in [1.54, 1.807) is 6.33 Å². The van der Waals surface area contributed by atoms with Crippen LogP contribution in [-0.2, 0) is 9.53 Å². The van der Waals surface area contributed by atoms with E-state index in [2.05, 4.69) is 37.8 Å². The number of anilines is 1. The zero-order valence-corrected chi connectivity index (χ0v) is 21.2. The van der Waals surface area contributed by atoms with Gasteiger partial charge in [0.05, 0.1) is 17.5 Å². The number of nitrogens with two attached hydrogens (primary N) is 2. The molecule has 3 fully saturated rings. The van der Waals surface area contributed by atoms with Gasteiger partial charge >= 0.3 is 0 Å². The van der Waals surface area contributed by atoms with Gasteiger partial charge in [0, 0.05) is 31.0 Å². The number of nitrogen functional groups attached to an aromatic ring is 1. The second-order valence-electron chi connectivity index (χ2n) is 10.8. The molecule has 1 aliphatic carbocycles. The summed E-state index contributed by atoms with van der Waals surface area (Å²) in [6, 6.07) is 8.38. The third-order valence-electron chi connectivity index (χ3n) is 8.28. The molecule has 1 aromatic carbocycles. The van der Waals surface area contributed by atoms with Crippen LogP contribution in [0.1, 0.15) is 51.0 Å². The van der Waals surface area contributed by atoms with Gasteiger partial charge in [0.15, 0.2) is 0 Å². The van der Waals surface area contributed by atoms with Crippen LogP contribution in [0.25, 0.3) is 22.2 Å². The molecule has 1 saturated carbocycles. The number of ether oxygens (including phenoxy) is 2. The molecule has 37 heavy (non-hydrogen) atoms. The van der Waals surface area contributed by atoms with Crippen molar-refractivity contribution in [3.05, 3.63) is 36.8 Å². The van der Waals surface area contributed by atoms with E-state index in [-0.39, 0.29) is 18.1 Å². The maximum Gasteiger partial charge on any atom is 0.234 e. The van der Waals surface area contributed by atoms with E-state index < -0.39 is 0 Å². The van der Waals surface area contributed by atoms with Crippen molar-refractivity contribution in [2.75, 3.05) is 32.0 Å². The number of carbonyl (C=O) groups excluding carboxylic acids is 1. The molecule has 4 N–H and O–H groups in total. The van der Waals surface area contributed by atoms with Gasteiger partial charge in [-0.3, -0.25) is 9.69 Å². The highest BCUT2D eigenvalue weighted by molar-refractivity contribution is 6.00. The van der Waals surface area contributed by atoms with Crippen molar-refractivity contribution in [2.45, 2.75) is 63.1 Å². The zero-order chi connectivity index (χ0) is 25.4. The SMILES string of the molecule is NC(=O)[C@H]1CCCN1C[C@H]1C[C@@H](n2cc(-c3cccc(OCC4CCCCO4)c3)c3c(N)ncnc32)C1. The Morgan fingerprint density at radius 3 is 2.86 bits per heavy atom. The highest BCUT2D eigenvalue weighted by atomic mass is 16.5. The molecule has 2 saturated heterocycles. The first kappa shape index (κ1) is 24.2. The number of rotatable bonds is 8. The van der Waals surface area contributed by atoms with Crippen LogP contribution in [-0.4, -0.2) is 63.8 Å². The molecule has 2 atom stereocenters. The lowest BCUT2D eigenvalue weighted by Gasteiger charge is -2.39. The topological polar surface area (TPSA) is 122 Å². The molecule has 3 aromatic rings. The van der Waals surface area contributed by atoms with Crippen LogP contribution in [0.5, 0.6) is 5.75 Å². The largest absolute Gasteiger partial charge is 0.491 e. The number of hydrogen-bond acceptors (Lipinski definition) is 7. The van der Waals surface area contributed by atoms with Crippen molar-refractivity contribution in [2.24, 2.45) is 11.7 Å². The molecular formula is C28H36N6O3. The van der Waals surface area contributed by atoms with E-state index >= 15 is 0 Å². The van der Waals surface area contributed by atoms with Crippen LogP contribution >= 0.6 is 0 Å². The summed E-state index contributed by atoms with van der Waals surface area (Å²) >= 11 is 0. The first-order valence-electron chi connectivity index (χ1n) is 13.6. The van der Waals surface area contributed by atoms with Gasteiger partial charge in [0.1, 0.15) is 30.1 Å². The second-order valence-corrected chi connectivity index (χ2v) is 10.8. The third kappa shape index (κ3) is 4.90. The molecule has 2 aliphatic heterocycles. The van der Waals surface area contributed by atoms with Crippen molar-refractivity contribution < 1.29 is 14.3 Å². The molecule has 1 unspecified atom stereocenters. The van der Waals surface area contributed by atoms with E-state index in [1.165, 1.54) is 6.42 Å². The number of hydrogen-bond donors (Lipinski definition) is 2. The van der Waals surface area contributed by atoms with E-state index in [0.29, 0.717) is 24.4 Å². The van der Waals surface area contributed by atoms with Gasteiger partial charge in [-0.1, -0.05) is 12.1 Å². The summed E-state index contributed by atoms with van der Waals surface area (Å²) in [6.45, 7) is 3.27. The van der Waals surface area contributed by atoms with Crippen molar-refractivity contribution in [1.29, 1.82) is 0 Å². The quantitative estimate of drug-likeness (QED) is 0.481. The molecule has 0 spiro atoms. The maximum atomic E-state index is 11.8. The number of fused-ring (bicyclic) bond motifs is 1. The summed E-state index contributed by atoms with van der Waals surface area (Å²) in [5, 5.41) is 0.882. The molecule has 6 rings (SSSR count). The smallest absolute Gasteiger partial charge is 0.234 e. The number of likely N-dealkylation sites (tertiary alicyclic amines) is 1. The molecule has 9 heteroatoms. The number of primary amides is 1. The summed E-state index contributed by atoms with van der Waals surface area (Å²) in [5.41, 5.74) is 14.9. The van der Waals surface area contributed by atoms with Crippen LogP contribution in [0.3, 0.4) is 0 Å². The lowest BCUT2D eigenvalue weighted by atomic mass is 9.79. The lowest BCUT2D eigenvalue weighted by Crippen LogP contribution is -2.44. The molecule has 0 bridgehead atoms. The number of nitrogens with zero attached hydrogens (tertiary/aromatic N) is 4. The minimum absolute atomic E-state index is 0.107. The zero-order valence-electron chi connectivity index (χ0n) is 21.2. The van der Waals surface area contributed by atoms with E-state index in [1.807, 2.05) is 12.1 Å². The van der Waals surface area contributed by atoms with Crippen molar-refractivity contribution >= 4 is 22.8 Å².